The molecule has 1 aromatic carbocycles. The quantitative estimate of drug-likeness (QED) is 0.787. The van der Waals surface area contributed by atoms with Crippen LogP contribution in [0.3, 0.4) is 0 Å². The summed E-state index contributed by atoms with van der Waals surface area (Å²) in [6.07, 6.45) is 5.20. The molecular weight excluding hydrogens is 264 g/mol. The molecule has 18 heavy (non-hydrogen) atoms. The summed E-state index contributed by atoms with van der Waals surface area (Å²) in [6.45, 7) is 3.28. The molecule has 0 bridgehead atoms. The molecule has 1 N–H and O–H groups in total. The molecule has 1 aliphatic rings. The fourth-order valence-electron chi connectivity index (χ4n) is 2.83. The number of fused-ring (bicyclic) bond motifs is 1. The van der Waals surface area contributed by atoms with Crippen LogP contribution >= 0.6 is 23.8 Å². The number of nitrogens with one attached hydrogen (secondary N) is 1. The highest BCUT2D eigenvalue weighted by Crippen LogP contribution is 2.51. The molecule has 0 aliphatic heterocycles. The van der Waals surface area contributed by atoms with Crippen LogP contribution in [0.1, 0.15) is 32.6 Å². The predicted octanol–water partition coefficient (Wildman–Crippen LogP) is 4.93. The van der Waals surface area contributed by atoms with Gasteiger partial charge in [0, 0.05) is 6.54 Å². The van der Waals surface area contributed by atoms with Crippen molar-refractivity contribution in [3.05, 3.63) is 28.0 Å². The van der Waals surface area contributed by atoms with Crippen molar-refractivity contribution in [3.63, 3.8) is 0 Å². The number of hydrogen-bond donors (Lipinski definition) is 1. The topological polar surface area (TPSA) is 20.7 Å². The van der Waals surface area contributed by atoms with E-state index >= 15 is 0 Å². The average Bonchev–Trinajstić information content (AvgIpc) is 3.02. The van der Waals surface area contributed by atoms with E-state index in [4.69, 9.17) is 23.8 Å². The lowest BCUT2D eigenvalue weighted by Crippen LogP contribution is -2.11. The normalized spacial score (nSPS) is 17.2. The van der Waals surface area contributed by atoms with Crippen molar-refractivity contribution in [2.45, 2.75) is 39.2 Å². The third-order valence-electron chi connectivity index (χ3n) is 3.99. The van der Waals surface area contributed by atoms with Crippen LogP contribution < -0.4 is 0 Å². The van der Waals surface area contributed by atoms with Crippen LogP contribution in [0, 0.1) is 10.2 Å². The Morgan fingerprint density at radius 2 is 2.22 bits per heavy atom. The molecule has 96 valence electrons. The van der Waals surface area contributed by atoms with Gasteiger partial charge in [-0.05, 0) is 49.0 Å². The Kier molecular flexibility index (Phi) is 2.99. The van der Waals surface area contributed by atoms with Gasteiger partial charge in [-0.3, -0.25) is 0 Å². The summed E-state index contributed by atoms with van der Waals surface area (Å²) < 4.78 is 3.01. The zero-order valence-electron chi connectivity index (χ0n) is 10.5. The van der Waals surface area contributed by atoms with Crippen LogP contribution in [0.2, 0.25) is 5.02 Å². The largest absolute Gasteiger partial charge is 0.329 e. The van der Waals surface area contributed by atoms with Gasteiger partial charge in [0.2, 0.25) is 0 Å². The molecular formula is C14H17ClN2S. The van der Waals surface area contributed by atoms with E-state index in [9.17, 15) is 0 Å². The third-order valence-corrected chi connectivity index (χ3v) is 4.63. The molecule has 1 fully saturated rings. The van der Waals surface area contributed by atoms with E-state index < -0.39 is 0 Å². The summed E-state index contributed by atoms with van der Waals surface area (Å²) in [4.78, 5) is 3.23. The van der Waals surface area contributed by atoms with Crippen molar-refractivity contribution in [3.8, 4) is 0 Å². The molecule has 0 unspecified atom stereocenters. The van der Waals surface area contributed by atoms with Gasteiger partial charge in [-0.2, -0.15) is 0 Å². The van der Waals surface area contributed by atoms with E-state index in [0.29, 0.717) is 5.41 Å². The van der Waals surface area contributed by atoms with Gasteiger partial charge in [0.05, 0.1) is 16.1 Å². The lowest BCUT2D eigenvalue weighted by Gasteiger charge is -2.15. The second kappa shape index (κ2) is 4.39. The van der Waals surface area contributed by atoms with Crippen molar-refractivity contribution < 1.29 is 0 Å². The minimum Gasteiger partial charge on any atom is -0.329 e. The summed E-state index contributed by atoms with van der Waals surface area (Å²) in [6, 6.07) is 5.98. The molecule has 0 atom stereocenters. The van der Waals surface area contributed by atoms with Gasteiger partial charge >= 0.3 is 0 Å². The smallest absolute Gasteiger partial charge is 0.178 e. The lowest BCUT2D eigenvalue weighted by molar-refractivity contribution is 0.391. The van der Waals surface area contributed by atoms with E-state index in [0.717, 1.165) is 27.4 Å². The number of benzene rings is 1. The van der Waals surface area contributed by atoms with Gasteiger partial charge in [0.25, 0.3) is 0 Å². The molecule has 1 aliphatic carbocycles. The Hall–Kier alpha value is -0.800. The summed E-state index contributed by atoms with van der Waals surface area (Å²) >= 11 is 11.6. The van der Waals surface area contributed by atoms with Crippen LogP contribution in [-0.2, 0) is 6.54 Å². The van der Waals surface area contributed by atoms with Gasteiger partial charge in [0.1, 0.15) is 0 Å². The third kappa shape index (κ3) is 1.99. The molecule has 1 saturated carbocycles. The Morgan fingerprint density at radius 1 is 1.44 bits per heavy atom. The van der Waals surface area contributed by atoms with Gasteiger partial charge < -0.3 is 9.55 Å². The summed E-state index contributed by atoms with van der Waals surface area (Å²) in [5.74, 6) is 0. The van der Waals surface area contributed by atoms with Crippen molar-refractivity contribution in [1.82, 2.24) is 9.55 Å². The molecule has 2 nitrogen and oxygen atoms in total. The van der Waals surface area contributed by atoms with Crippen LogP contribution in [-0.4, -0.2) is 9.55 Å². The first kappa shape index (κ1) is 12.2. The van der Waals surface area contributed by atoms with Crippen LogP contribution in [0.5, 0.6) is 0 Å². The van der Waals surface area contributed by atoms with Gasteiger partial charge in [0.15, 0.2) is 4.77 Å². The van der Waals surface area contributed by atoms with Crippen molar-refractivity contribution in [2.75, 3.05) is 0 Å². The summed E-state index contributed by atoms with van der Waals surface area (Å²) in [7, 11) is 0. The number of rotatable bonds is 4. The number of imidazole rings is 1. The number of nitrogens with zero attached hydrogens (tertiary/aromatic N) is 1. The molecule has 1 aromatic heterocycles. The zero-order chi connectivity index (χ0) is 12.8. The second-order valence-electron chi connectivity index (χ2n) is 5.40. The highest BCUT2D eigenvalue weighted by atomic mass is 35.5. The fourth-order valence-corrected chi connectivity index (χ4v) is 3.31. The zero-order valence-corrected chi connectivity index (χ0v) is 12.1. The minimum atomic E-state index is 0.490. The standard InChI is InChI=1S/C14H17ClN2S/c1-2-6-14(7-8-14)9-17-11-5-3-4-10(15)12(11)16-13(17)18/h3-5H,2,6-9H2,1H3,(H,16,18). The number of aromatic nitrogens is 2. The SMILES string of the molecule is CCCC1(Cn2c(=S)[nH]c3c(Cl)cccc32)CC1. The van der Waals surface area contributed by atoms with E-state index in [2.05, 4.69) is 22.5 Å². The monoisotopic (exact) mass is 280 g/mol. The highest BCUT2D eigenvalue weighted by Gasteiger charge is 2.42. The van der Waals surface area contributed by atoms with Crippen molar-refractivity contribution >= 4 is 34.9 Å². The number of aromatic amines is 1. The first-order valence-electron chi connectivity index (χ1n) is 6.52. The van der Waals surface area contributed by atoms with E-state index in [1.807, 2.05) is 12.1 Å². The molecule has 0 radical (unpaired) electrons. The Morgan fingerprint density at radius 3 is 2.89 bits per heavy atom. The number of halogens is 1. The Labute approximate surface area is 117 Å². The predicted molar refractivity (Wildman–Crippen MR) is 78.7 cm³/mol. The summed E-state index contributed by atoms with van der Waals surface area (Å²) in [5, 5.41) is 0.748. The first-order chi connectivity index (χ1) is 8.65. The number of H-pyrrole nitrogens is 1. The molecule has 0 amide bonds. The van der Waals surface area contributed by atoms with Crippen molar-refractivity contribution in [1.29, 1.82) is 0 Å². The molecule has 2 aromatic rings. The van der Waals surface area contributed by atoms with Crippen molar-refractivity contribution in [2.24, 2.45) is 5.41 Å². The van der Waals surface area contributed by atoms with E-state index in [1.165, 1.54) is 25.7 Å². The van der Waals surface area contributed by atoms with Gasteiger partial charge in [-0.15, -0.1) is 0 Å². The van der Waals surface area contributed by atoms with Crippen LogP contribution in [0.25, 0.3) is 11.0 Å². The first-order valence-corrected chi connectivity index (χ1v) is 7.31. The van der Waals surface area contributed by atoms with Crippen LogP contribution in [0.15, 0.2) is 18.2 Å². The van der Waals surface area contributed by atoms with E-state index in [1.54, 1.807) is 0 Å². The molecule has 1 heterocycles. The fraction of sp³-hybridized carbons (Fsp3) is 0.500. The Balaban J connectivity index is 2.04. The summed E-state index contributed by atoms with van der Waals surface area (Å²) in [5.41, 5.74) is 2.59. The molecule has 4 heteroatoms. The minimum absolute atomic E-state index is 0.490. The second-order valence-corrected chi connectivity index (χ2v) is 6.19. The molecule has 0 spiro atoms. The Bertz CT molecular complexity index is 637. The highest BCUT2D eigenvalue weighted by molar-refractivity contribution is 7.71. The average molecular weight is 281 g/mol. The molecule has 3 rings (SSSR count). The molecule has 0 saturated heterocycles. The number of para-hydroxylation sites is 1. The van der Waals surface area contributed by atoms with E-state index in [-0.39, 0.29) is 0 Å². The van der Waals surface area contributed by atoms with Gasteiger partial charge in [-0.25, -0.2) is 0 Å². The maximum absolute atomic E-state index is 6.20. The van der Waals surface area contributed by atoms with Gasteiger partial charge in [-0.1, -0.05) is 31.0 Å². The lowest BCUT2D eigenvalue weighted by atomic mass is 10.0. The maximum atomic E-state index is 6.20. The number of hydrogen-bond acceptors (Lipinski definition) is 1. The maximum Gasteiger partial charge on any atom is 0.178 e. The van der Waals surface area contributed by atoms with Crippen LogP contribution in [0.4, 0.5) is 0 Å².